The molecule has 1 aliphatic heterocycles. The van der Waals surface area contributed by atoms with Gasteiger partial charge >= 0.3 is 0 Å². The van der Waals surface area contributed by atoms with E-state index < -0.39 is 0 Å². The summed E-state index contributed by atoms with van der Waals surface area (Å²) in [5.41, 5.74) is 1.68. The molecule has 1 amide bonds. The summed E-state index contributed by atoms with van der Waals surface area (Å²) in [6.07, 6.45) is 4.76. The minimum atomic E-state index is -0.0261. The Bertz CT molecular complexity index is 654. The summed E-state index contributed by atoms with van der Waals surface area (Å²) in [5.74, 6) is 0.391. The summed E-state index contributed by atoms with van der Waals surface area (Å²) in [6, 6.07) is 10.2. The standard InChI is InChI=1S/C18H24N4O2/c1-24-14-16-8-5-10-21(12-16)18(23)17-13-22(20-19-17)11-9-15-6-3-2-4-7-15/h2-4,6-7,13,16H,5,8-12,14H2,1H3/t16-/m1/s1. The van der Waals surface area contributed by atoms with E-state index in [2.05, 4.69) is 22.4 Å². The van der Waals surface area contributed by atoms with Gasteiger partial charge in [0.1, 0.15) is 0 Å². The van der Waals surface area contributed by atoms with E-state index in [9.17, 15) is 4.79 Å². The topological polar surface area (TPSA) is 60.2 Å². The van der Waals surface area contributed by atoms with Crippen molar-refractivity contribution in [3.63, 3.8) is 0 Å². The van der Waals surface area contributed by atoms with Gasteiger partial charge in [-0.2, -0.15) is 0 Å². The molecule has 0 aliphatic carbocycles. The normalized spacial score (nSPS) is 17.9. The van der Waals surface area contributed by atoms with Gasteiger partial charge in [-0.05, 0) is 30.7 Å². The maximum Gasteiger partial charge on any atom is 0.276 e. The van der Waals surface area contributed by atoms with Crippen LogP contribution in [0.2, 0.25) is 0 Å². The minimum absolute atomic E-state index is 0.0261. The number of amides is 1. The monoisotopic (exact) mass is 328 g/mol. The van der Waals surface area contributed by atoms with Gasteiger partial charge in [-0.3, -0.25) is 9.48 Å². The van der Waals surface area contributed by atoms with Crippen molar-refractivity contribution in [3.8, 4) is 0 Å². The Morgan fingerprint density at radius 1 is 1.33 bits per heavy atom. The number of methoxy groups -OCH3 is 1. The molecule has 6 nitrogen and oxygen atoms in total. The van der Waals surface area contributed by atoms with Crippen LogP contribution in [0.4, 0.5) is 0 Å². The lowest BCUT2D eigenvalue weighted by atomic mass is 9.99. The van der Waals surface area contributed by atoms with Crippen molar-refractivity contribution in [2.45, 2.75) is 25.8 Å². The number of carbonyl (C=O) groups is 1. The van der Waals surface area contributed by atoms with Crippen LogP contribution in [0, 0.1) is 5.92 Å². The number of aryl methyl sites for hydroxylation is 2. The van der Waals surface area contributed by atoms with E-state index in [0.29, 0.717) is 18.2 Å². The highest BCUT2D eigenvalue weighted by molar-refractivity contribution is 5.92. The molecule has 0 spiro atoms. The quantitative estimate of drug-likeness (QED) is 0.814. The Hall–Kier alpha value is -2.21. The van der Waals surface area contributed by atoms with E-state index in [0.717, 1.165) is 38.9 Å². The second kappa shape index (κ2) is 8.06. The molecular weight excluding hydrogens is 304 g/mol. The Labute approximate surface area is 142 Å². The van der Waals surface area contributed by atoms with E-state index in [1.165, 1.54) is 5.56 Å². The van der Waals surface area contributed by atoms with Crippen LogP contribution in [0.1, 0.15) is 28.9 Å². The molecule has 1 aromatic heterocycles. The summed E-state index contributed by atoms with van der Waals surface area (Å²) in [7, 11) is 1.71. The van der Waals surface area contributed by atoms with Crippen LogP contribution >= 0.6 is 0 Å². The smallest absolute Gasteiger partial charge is 0.276 e. The second-order valence-corrected chi connectivity index (χ2v) is 6.32. The molecule has 3 rings (SSSR count). The average Bonchev–Trinajstić information content (AvgIpc) is 3.10. The zero-order valence-corrected chi connectivity index (χ0v) is 14.1. The third-order valence-electron chi connectivity index (χ3n) is 4.44. The molecule has 2 heterocycles. The lowest BCUT2D eigenvalue weighted by Gasteiger charge is -2.31. The maximum atomic E-state index is 12.6. The molecule has 0 unspecified atom stereocenters. The molecule has 0 saturated carbocycles. The number of piperidine rings is 1. The van der Waals surface area contributed by atoms with Crippen LogP contribution in [-0.4, -0.2) is 52.6 Å². The van der Waals surface area contributed by atoms with Gasteiger partial charge in [0.05, 0.1) is 12.8 Å². The van der Waals surface area contributed by atoms with Crippen molar-refractivity contribution >= 4 is 5.91 Å². The number of benzene rings is 1. The van der Waals surface area contributed by atoms with Crippen LogP contribution in [0.5, 0.6) is 0 Å². The third kappa shape index (κ3) is 4.20. The molecule has 1 aliphatic rings. The Kier molecular flexibility index (Phi) is 5.59. The molecule has 0 radical (unpaired) electrons. The zero-order valence-electron chi connectivity index (χ0n) is 14.1. The molecule has 6 heteroatoms. The predicted octanol–water partition coefficient (Wildman–Crippen LogP) is 2.02. The van der Waals surface area contributed by atoms with E-state index in [1.54, 1.807) is 18.0 Å². The van der Waals surface area contributed by atoms with Gasteiger partial charge in [0.25, 0.3) is 5.91 Å². The van der Waals surface area contributed by atoms with Crippen molar-refractivity contribution in [3.05, 3.63) is 47.8 Å². The van der Waals surface area contributed by atoms with Gasteiger partial charge in [-0.1, -0.05) is 35.5 Å². The molecule has 128 valence electrons. The maximum absolute atomic E-state index is 12.6. The second-order valence-electron chi connectivity index (χ2n) is 6.32. The van der Waals surface area contributed by atoms with Crippen molar-refractivity contribution < 1.29 is 9.53 Å². The molecule has 0 bridgehead atoms. The first-order chi connectivity index (χ1) is 11.8. The number of rotatable bonds is 6. The van der Waals surface area contributed by atoms with Crippen molar-refractivity contribution in [1.82, 2.24) is 19.9 Å². The molecule has 1 fully saturated rings. The minimum Gasteiger partial charge on any atom is -0.384 e. The summed E-state index contributed by atoms with van der Waals surface area (Å²) >= 11 is 0. The summed E-state index contributed by atoms with van der Waals surface area (Å²) in [5, 5.41) is 8.16. The molecule has 24 heavy (non-hydrogen) atoms. The molecule has 1 aromatic carbocycles. The first-order valence-corrected chi connectivity index (χ1v) is 8.48. The molecular formula is C18H24N4O2. The van der Waals surface area contributed by atoms with Crippen molar-refractivity contribution in [2.75, 3.05) is 26.8 Å². The largest absolute Gasteiger partial charge is 0.384 e. The van der Waals surface area contributed by atoms with Gasteiger partial charge in [-0.25, -0.2) is 0 Å². The number of nitrogens with zero attached hydrogens (tertiary/aromatic N) is 4. The zero-order chi connectivity index (χ0) is 16.8. The highest BCUT2D eigenvalue weighted by atomic mass is 16.5. The molecule has 1 saturated heterocycles. The van der Waals surface area contributed by atoms with Gasteiger partial charge in [0.15, 0.2) is 5.69 Å². The predicted molar refractivity (Wildman–Crippen MR) is 90.7 cm³/mol. The summed E-state index contributed by atoms with van der Waals surface area (Å²) in [4.78, 5) is 14.5. The van der Waals surface area contributed by atoms with Crippen LogP contribution in [0.15, 0.2) is 36.5 Å². The van der Waals surface area contributed by atoms with E-state index >= 15 is 0 Å². The van der Waals surface area contributed by atoms with Gasteiger partial charge in [0, 0.05) is 26.7 Å². The van der Waals surface area contributed by atoms with Crippen LogP contribution in [-0.2, 0) is 17.7 Å². The number of likely N-dealkylation sites (tertiary alicyclic amines) is 1. The Balaban J connectivity index is 1.57. The van der Waals surface area contributed by atoms with Crippen molar-refractivity contribution in [2.24, 2.45) is 5.92 Å². The number of aromatic nitrogens is 3. The fourth-order valence-corrected chi connectivity index (χ4v) is 3.18. The van der Waals surface area contributed by atoms with E-state index in [4.69, 9.17) is 4.74 Å². The Morgan fingerprint density at radius 3 is 2.96 bits per heavy atom. The van der Waals surface area contributed by atoms with Crippen molar-refractivity contribution in [1.29, 1.82) is 0 Å². The number of ether oxygens (including phenoxy) is 1. The van der Waals surface area contributed by atoms with Crippen LogP contribution < -0.4 is 0 Å². The number of hydrogen-bond donors (Lipinski definition) is 0. The van der Waals surface area contributed by atoms with Gasteiger partial charge in [0.2, 0.25) is 0 Å². The average molecular weight is 328 g/mol. The summed E-state index contributed by atoms with van der Waals surface area (Å²) < 4.78 is 6.97. The fourth-order valence-electron chi connectivity index (χ4n) is 3.18. The summed E-state index contributed by atoms with van der Waals surface area (Å²) in [6.45, 7) is 2.95. The highest BCUT2D eigenvalue weighted by Gasteiger charge is 2.26. The van der Waals surface area contributed by atoms with Gasteiger partial charge < -0.3 is 9.64 Å². The molecule has 1 atom stereocenters. The number of hydrogen-bond acceptors (Lipinski definition) is 4. The van der Waals surface area contributed by atoms with Gasteiger partial charge in [-0.15, -0.1) is 5.10 Å². The van der Waals surface area contributed by atoms with Crippen LogP contribution in [0.3, 0.4) is 0 Å². The Morgan fingerprint density at radius 2 is 2.17 bits per heavy atom. The van der Waals surface area contributed by atoms with E-state index in [-0.39, 0.29) is 5.91 Å². The third-order valence-corrected chi connectivity index (χ3v) is 4.44. The van der Waals surface area contributed by atoms with E-state index in [1.807, 2.05) is 23.1 Å². The number of carbonyl (C=O) groups excluding carboxylic acids is 1. The SMILES string of the molecule is COC[C@@H]1CCCN(C(=O)c2cn(CCc3ccccc3)nn2)C1. The molecule has 0 N–H and O–H groups in total. The lowest BCUT2D eigenvalue weighted by molar-refractivity contribution is 0.0565. The molecule has 2 aromatic rings. The fraction of sp³-hybridized carbons (Fsp3) is 0.500. The first kappa shape index (κ1) is 16.6. The lowest BCUT2D eigenvalue weighted by Crippen LogP contribution is -2.41. The van der Waals surface area contributed by atoms with Crippen LogP contribution in [0.25, 0.3) is 0 Å². The highest BCUT2D eigenvalue weighted by Crippen LogP contribution is 2.18. The first-order valence-electron chi connectivity index (χ1n) is 8.48.